The summed E-state index contributed by atoms with van der Waals surface area (Å²) in [4.78, 5) is 0. The molecule has 22 heavy (non-hydrogen) atoms. The van der Waals surface area contributed by atoms with Gasteiger partial charge in [0.15, 0.2) is 0 Å². The number of rotatable bonds is 6. The third-order valence-electron chi connectivity index (χ3n) is 3.16. The molecule has 0 radical (unpaired) electrons. The zero-order valence-electron chi connectivity index (χ0n) is 11.9. The molecule has 0 amide bonds. The lowest BCUT2D eigenvalue weighted by atomic mass is 10.2. The van der Waals surface area contributed by atoms with E-state index in [2.05, 4.69) is 22.3 Å². The standard InChI is InChI=1S/C17H15ClN2O2/c18-12-16-19-20-17(22-16)14-7-4-8-15(11-14)21-10-9-13-5-2-1-3-6-13/h1-8,11H,9-10,12H2. The van der Waals surface area contributed by atoms with Gasteiger partial charge in [0.25, 0.3) is 0 Å². The second-order valence-corrected chi connectivity index (χ2v) is 5.01. The lowest BCUT2D eigenvalue weighted by Gasteiger charge is -2.07. The molecule has 0 N–H and O–H groups in total. The van der Waals surface area contributed by atoms with Gasteiger partial charge in [0.05, 0.1) is 6.61 Å². The summed E-state index contributed by atoms with van der Waals surface area (Å²) in [6.07, 6.45) is 0.863. The Morgan fingerprint density at radius 2 is 1.86 bits per heavy atom. The average Bonchev–Trinajstić information content (AvgIpc) is 3.05. The number of hydrogen-bond donors (Lipinski definition) is 0. The Balaban J connectivity index is 1.64. The minimum absolute atomic E-state index is 0.209. The van der Waals surface area contributed by atoms with Crippen molar-refractivity contribution in [2.24, 2.45) is 0 Å². The van der Waals surface area contributed by atoms with Gasteiger partial charge in [-0.05, 0) is 23.8 Å². The molecule has 3 rings (SSSR count). The summed E-state index contributed by atoms with van der Waals surface area (Å²) in [6, 6.07) is 17.8. The molecular weight excluding hydrogens is 300 g/mol. The van der Waals surface area contributed by atoms with Crippen molar-refractivity contribution in [3.8, 4) is 17.2 Å². The minimum Gasteiger partial charge on any atom is -0.493 e. The molecule has 112 valence electrons. The van der Waals surface area contributed by atoms with Gasteiger partial charge in [0.1, 0.15) is 11.6 Å². The van der Waals surface area contributed by atoms with E-state index in [0.717, 1.165) is 17.7 Å². The van der Waals surface area contributed by atoms with Gasteiger partial charge in [-0.15, -0.1) is 21.8 Å². The molecule has 0 unspecified atom stereocenters. The van der Waals surface area contributed by atoms with E-state index in [1.807, 2.05) is 42.5 Å². The zero-order chi connectivity index (χ0) is 15.2. The van der Waals surface area contributed by atoms with Crippen molar-refractivity contribution in [1.29, 1.82) is 0 Å². The third-order valence-corrected chi connectivity index (χ3v) is 3.39. The number of alkyl halides is 1. The van der Waals surface area contributed by atoms with Crippen LogP contribution in [-0.4, -0.2) is 16.8 Å². The molecule has 4 nitrogen and oxygen atoms in total. The van der Waals surface area contributed by atoms with Gasteiger partial charge < -0.3 is 9.15 Å². The largest absolute Gasteiger partial charge is 0.493 e. The fourth-order valence-corrected chi connectivity index (χ4v) is 2.18. The summed E-state index contributed by atoms with van der Waals surface area (Å²) in [5, 5.41) is 7.82. The molecule has 3 aromatic rings. The summed E-state index contributed by atoms with van der Waals surface area (Å²) in [5.41, 5.74) is 2.07. The van der Waals surface area contributed by atoms with Crippen molar-refractivity contribution in [1.82, 2.24) is 10.2 Å². The van der Waals surface area contributed by atoms with E-state index in [1.165, 1.54) is 5.56 Å². The molecule has 0 aliphatic carbocycles. The molecule has 2 aromatic carbocycles. The number of halogens is 1. The fraction of sp³-hybridized carbons (Fsp3) is 0.176. The van der Waals surface area contributed by atoms with Crippen LogP contribution in [0.1, 0.15) is 11.5 Å². The van der Waals surface area contributed by atoms with Gasteiger partial charge in [-0.1, -0.05) is 36.4 Å². The SMILES string of the molecule is ClCc1nnc(-c2cccc(OCCc3ccccc3)c2)o1. The van der Waals surface area contributed by atoms with Crippen LogP contribution in [0.5, 0.6) is 5.75 Å². The van der Waals surface area contributed by atoms with E-state index in [9.17, 15) is 0 Å². The summed E-state index contributed by atoms with van der Waals surface area (Å²) in [5.74, 6) is 1.84. The number of aromatic nitrogens is 2. The molecule has 1 heterocycles. The second-order valence-electron chi connectivity index (χ2n) is 4.75. The van der Waals surface area contributed by atoms with E-state index in [4.69, 9.17) is 20.8 Å². The molecule has 0 saturated heterocycles. The van der Waals surface area contributed by atoms with Crippen LogP contribution in [-0.2, 0) is 12.3 Å². The van der Waals surface area contributed by atoms with Crippen molar-refractivity contribution in [2.75, 3.05) is 6.61 Å². The summed E-state index contributed by atoms with van der Waals surface area (Å²) >= 11 is 5.66. The predicted molar refractivity (Wildman–Crippen MR) is 84.9 cm³/mol. The first-order valence-corrected chi connectivity index (χ1v) is 7.54. The van der Waals surface area contributed by atoms with Crippen LogP contribution in [0.2, 0.25) is 0 Å². The van der Waals surface area contributed by atoms with Crippen molar-refractivity contribution in [3.63, 3.8) is 0 Å². The van der Waals surface area contributed by atoms with Gasteiger partial charge in [0.2, 0.25) is 11.8 Å². The molecule has 0 atom stereocenters. The van der Waals surface area contributed by atoms with E-state index in [-0.39, 0.29) is 5.88 Å². The van der Waals surface area contributed by atoms with Crippen LogP contribution < -0.4 is 4.74 Å². The maximum absolute atomic E-state index is 5.79. The average molecular weight is 315 g/mol. The first kappa shape index (κ1) is 14.6. The van der Waals surface area contributed by atoms with Gasteiger partial charge in [-0.3, -0.25) is 0 Å². The van der Waals surface area contributed by atoms with Crippen molar-refractivity contribution in [3.05, 3.63) is 66.1 Å². The van der Waals surface area contributed by atoms with Crippen LogP contribution in [0.15, 0.2) is 59.0 Å². The lowest BCUT2D eigenvalue weighted by Crippen LogP contribution is -2.01. The molecule has 0 fully saturated rings. The first-order chi connectivity index (χ1) is 10.8. The molecule has 0 spiro atoms. The van der Waals surface area contributed by atoms with Crippen LogP contribution in [0, 0.1) is 0 Å². The molecule has 0 saturated carbocycles. The summed E-state index contributed by atoms with van der Waals surface area (Å²) in [6.45, 7) is 0.615. The molecular formula is C17H15ClN2O2. The summed E-state index contributed by atoms with van der Waals surface area (Å²) in [7, 11) is 0. The van der Waals surface area contributed by atoms with Crippen molar-refractivity contribution >= 4 is 11.6 Å². The van der Waals surface area contributed by atoms with Crippen molar-refractivity contribution in [2.45, 2.75) is 12.3 Å². The molecule has 0 bridgehead atoms. The quantitative estimate of drug-likeness (QED) is 0.643. The number of hydrogen-bond acceptors (Lipinski definition) is 4. The Bertz CT molecular complexity index is 728. The molecule has 1 aromatic heterocycles. The Hall–Kier alpha value is -2.33. The highest BCUT2D eigenvalue weighted by Crippen LogP contribution is 2.23. The van der Waals surface area contributed by atoms with Crippen LogP contribution >= 0.6 is 11.6 Å². The zero-order valence-corrected chi connectivity index (χ0v) is 12.7. The van der Waals surface area contributed by atoms with E-state index >= 15 is 0 Å². The van der Waals surface area contributed by atoms with Crippen LogP contribution in [0.25, 0.3) is 11.5 Å². The Kier molecular flexibility index (Phi) is 4.71. The van der Waals surface area contributed by atoms with Gasteiger partial charge >= 0.3 is 0 Å². The van der Waals surface area contributed by atoms with E-state index in [0.29, 0.717) is 18.4 Å². The number of benzene rings is 2. The normalized spacial score (nSPS) is 10.6. The van der Waals surface area contributed by atoms with Gasteiger partial charge in [-0.25, -0.2) is 0 Å². The monoisotopic (exact) mass is 314 g/mol. The van der Waals surface area contributed by atoms with Crippen molar-refractivity contribution < 1.29 is 9.15 Å². The highest BCUT2D eigenvalue weighted by Gasteiger charge is 2.08. The second kappa shape index (κ2) is 7.09. The Morgan fingerprint density at radius 1 is 1.00 bits per heavy atom. The fourth-order valence-electron chi connectivity index (χ4n) is 2.07. The third kappa shape index (κ3) is 3.65. The maximum Gasteiger partial charge on any atom is 0.247 e. The minimum atomic E-state index is 0.209. The predicted octanol–water partition coefficient (Wildman–Crippen LogP) is 4.10. The topological polar surface area (TPSA) is 48.2 Å². The smallest absolute Gasteiger partial charge is 0.247 e. The van der Waals surface area contributed by atoms with Gasteiger partial charge in [-0.2, -0.15) is 0 Å². The van der Waals surface area contributed by atoms with Gasteiger partial charge in [0, 0.05) is 12.0 Å². The highest BCUT2D eigenvalue weighted by atomic mass is 35.5. The first-order valence-electron chi connectivity index (χ1n) is 7.00. The molecule has 0 aliphatic heterocycles. The molecule has 0 aliphatic rings. The summed E-state index contributed by atoms with van der Waals surface area (Å²) < 4.78 is 11.2. The highest BCUT2D eigenvalue weighted by molar-refractivity contribution is 6.16. The maximum atomic E-state index is 5.79. The van der Waals surface area contributed by atoms with Crippen LogP contribution in [0.4, 0.5) is 0 Å². The lowest BCUT2D eigenvalue weighted by molar-refractivity contribution is 0.322. The Labute approximate surface area is 133 Å². The van der Waals surface area contributed by atoms with Crippen LogP contribution in [0.3, 0.4) is 0 Å². The number of nitrogens with zero attached hydrogens (tertiary/aromatic N) is 2. The molecule has 5 heteroatoms. The van der Waals surface area contributed by atoms with E-state index < -0.39 is 0 Å². The number of ether oxygens (including phenoxy) is 1. The van der Waals surface area contributed by atoms with E-state index in [1.54, 1.807) is 0 Å². The Morgan fingerprint density at radius 3 is 2.64 bits per heavy atom.